The van der Waals surface area contributed by atoms with E-state index < -0.39 is 5.60 Å². The highest BCUT2D eigenvalue weighted by Gasteiger charge is 2.40. The normalized spacial score (nSPS) is 20.7. The number of ether oxygens (including phenoxy) is 2. The molecule has 1 atom stereocenters. The van der Waals surface area contributed by atoms with E-state index in [0.717, 1.165) is 12.8 Å². The minimum absolute atomic E-state index is 0.236. The summed E-state index contributed by atoms with van der Waals surface area (Å²) in [5.74, 6) is 1.34. The first-order chi connectivity index (χ1) is 9.09. The minimum atomic E-state index is -0.481. The average molecular weight is 269 g/mol. The Morgan fingerprint density at radius 1 is 1.37 bits per heavy atom. The monoisotopic (exact) mass is 269 g/mol. The summed E-state index contributed by atoms with van der Waals surface area (Å²) < 4.78 is 16.6. The van der Waals surface area contributed by atoms with Gasteiger partial charge in [0.05, 0.1) is 6.04 Å². The van der Waals surface area contributed by atoms with Crippen LogP contribution in [0.3, 0.4) is 0 Å². The van der Waals surface area contributed by atoms with Crippen LogP contribution in [0.5, 0.6) is 0 Å². The summed E-state index contributed by atoms with van der Waals surface area (Å²) in [6.45, 7) is 7.95. The van der Waals surface area contributed by atoms with Gasteiger partial charge in [-0.3, -0.25) is 0 Å². The van der Waals surface area contributed by atoms with E-state index in [4.69, 9.17) is 19.7 Å². The fourth-order valence-corrected chi connectivity index (χ4v) is 2.25. The fraction of sp³-hybridized carbons (Fsp3) is 0.846. The molecule has 1 fully saturated rings. The standard InChI is InChI=1S/C13H23N3O3/c1-4-18-13(5-7-17-8-6-13)12-15-11(19-16-12)10(14)9(2)3/h9-10H,4-8,14H2,1-3H3/t10-/m1/s1. The van der Waals surface area contributed by atoms with Crippen molar-refractivity contribution in [2.45, 2.75) is 45.3 Å². The maximum absolute atomic E-state index is 6.04. The lowest BCUT2D eigenvalue weighted by atomic mass is 9.93. The highest BCUT2D eigenvalue weighted by Crippen LogP contribution is 2.34. The van der Waals surface area contributed by atoms with Gasteiger partial charge in [0, 0.05) is 32.7 Å². The Kier molecular flexibility index (Phi) is 4.54. The molecule has 0 saturated carbocycles. The Balaban J connectivity index is 2.23. The molecule has 1 aliphatic heterocycles. The van der Waals surface area contributed by atoms with Gasteiger partial charge in [0.15, 0.2) is 0 Å². The van der Waals surface area contributed by atoms with Crippen LogP contribution in [-0.2, 0) is 15.1 Å². The van der Waals surface area contributed by atoms with Crippen LogP contribution in [-0.4, -0.2) is 30.0 Å². The number of rotatable bonds is 5. The van der Waals surface area contributed by atoms with Gasteiger partial charge < -0.3 is 19.7 Å². The van der Waals surface area contributed by atoms with Crippen LogP contribution in [0.1, 0.15) is 51.4 Å². The third kappa shape index (κ3) is 2.96. The van der Waals surface area contributed by atoms with Crippen molar-refractivity contribution in [2.24, 2.45) is 11.7 Å². The predicted molar refractivity (Wildman–Crippen MR) is 69.4 cm³/mol. The zero-order valence-electron chi connectivity index (χ0n) is 11.9. The molecular weight excluding hydrogens is 246 g/mol. The molecule has 0 spiro atoms. The summed E-state index contributed by atoms with van der Waals surface area (Å²) in [7, 11) is 0. The highest BCUT2D eigenvalue weighted by molar-refractivity contribution is 5.05. The van der Waals surface area contributed by atoms with Gasteiger partial charge in [0.2, 0.25) is 11.7 Å². The lowest BCUT2D eigenvalue weighted by Crippen LogP contribution is -2.37. The molecule has 0 aliphatic carbocycles. The second-order valence-electron chi connectivity index (χ2n) is 5.27. The Labute approximate surface area is 113 Å². The zero-order valence-corrected chi connectivity index (χ0v) is 11.9. The summed E-state index contributed by atoms with van der Waals surface area (Å²) in [5, 5.41) is 4.09. The van der Waals surface area contributed by atoms with Gasteiger partial charge in [-0.05, 0) is 12.8 Å². The number of hydrogen-bond donors (Lipinski definition) is 1. The Hall–Kier alpha value is -0.980. The van der Waals surface area contributed by atoms with Crippen LogP contribution in [0.2, 0.25) is 0 Å². The lowest BCUT2D eigenvalue weighted by molar-refractivity contribution is -0.118. The van der Waals surface area contributed by atoms with E-state index in [9.17, 15) is 0 Å². The largest absolute Gasteiger partial charge is 0.381 e. The van der Waals surface area contributed by atoms with Gasteiger partial charge in [0.1, 0.15) is 5.60 Å². The van der Waals surface area contributed by atoms with Crippen molar-refractivity contribution < 1.29 is 14.0 Å². The van der Waals surface area contributed by atoms with E-state index in [1.54, 1.807) is 0 Å². The quantitative estimate of drug-likeness (QED) is 0.877. The van der Waals surface area contributed by atoms with E-state index in [0.29, 0.717) is 31.5 Å². The molecule has 2 rings (SSSR count). The highest BCUT2D eigenvalue weighted by atomic mass is 16.5. The summed E-state index contributed by atoms with van der Waals surface area (Å²) in [6, 6.07) is -0.236. The van der Waals surface area contributed by atoms with Crippen LogP contribution < -0.4 is 5.73 Å². The molecule has 19 heavy (non-hydrogen) atoms. The van der Waals surface area contributed by atoms with Gasteiger partial charge in [-0.2, -0.15) is 4.98 Å². The van der Waals surface area contributed by atoms with E-state index in [2.05, 4.69) is 10.1 Å². The topological polar surface area (TPSA) is 83.4 Å². The molecule has 1 aliphatic rings. The maximum atomic E-state index is 6.04. The third-order valence-corrected chi connectivity index (χ3v) is 3.57. The fourth-order valence-electron chi connectivity index (χ4n) is 2.25. The van der Waals surface area contributed by atoms with Crippen molar-refractivity contribution in [1.29, 1.82) is 0 Å². The number of hydrogen-bond acceptors (Lipinski definition) is 6. The van der Waals surface area contributed by atoms with Crippen molar-refractivity contribution in [3.63, 3.8) is 0 Å². The molecule has 0 unspecified atom stereocenters. The number of nitrogens with two attached hydrogens (primary N) is 1. The van der Waals surface area contributed by atoms with Crippen LogP contribution in [0.15, 0.2) is 4.52 Å². The second-order valence-corrected chi connectivity index (χ2v) is 5.27. The van der Waals surface area contributed by atoms with Crippen molar-refractivity contribution in [2.75, 3.05) is 19.8 Å². The number of nitrogens with zero attached hydrogens (tertiary/aromatic N) is 2. The van der Waals surface area contributed by atoms with Gasteiger partial charge in [-0.15, -0.1) is 0 Å². The first-order valence-electron chi connectivity index (χ1n) is 6.90. The summed E-state index contributed by atoms with van der Waals surface area (Å²) >= 11 is 0. The summed E-state index contributed by atoms with van der Waals surface area (Å²) in [5.41, 5.74) is 5.56. The Morgan fingerprint density at radius 2 is 2.05 bits per heavy atom. The first kappa shape index (κ1) is 14.4. The molecule has 6 nitrogen and oxygen atoms in total. The van der Waals surface area contributed by atoms with Crippen molar-refractivity contribution in [3.05, 3.63) is 11.7 Å². The van der Waals surface area contributed by atoms with Crippen molar-refractivity contribution in [1.82, 2.24) is 10.1 Å². The molecule has 0 amide bonds. The van der Waals surface area contributed by atoms with Gasteiger partial charge >= 0.3 is 0 Å². The van der Waals surface area contributed by atoms with Gasteiger partial charge in [-0.25, -0.2) is 0 Å². The molecule has 0 aromatic carbocycles. The Morgan fingerprint density at radius 3 is 2.63 bits per heavy atom. The van der Waals surface area contributed by atoms with Crippen LogP contribution >= 0.6 is 0 Å². The summed E-state index contributed by atoms with van der Waals surface area (Å²) in [4.78, 5) is 4.46. The molecule has 0 bridgehead atoms. The van der Waals surface area contributed by atoms with E-state index in [1.165, 1.54) is 0 Å². The minimum Gasteiger partial charge on any atom is -0.381 e. The maximum Gasteiger partial charge on any atom is 0.243 e. The number of aromatic nitrogens is 2. The molecule has 6 heteroatoms. The summed E-state index contributed by atoms with van der Waals surface area (Å²) in [6.07, 6.45) is 1.49. The van der Waals surface area contributed by atoms with Crippen molar-refractivity contribution in [3.8, 4) is 0 Å². The SMILES string of the molecule is CCOC1(c2noc([C@H](N)C(C)C)n2)CCOCC1. The molecule has 2 N–H and O–H groups in total. The average Bonchev–Trinajstić information content (AvgIpc) is 2.89. The van der Waals surface area contributed by atoms with Crippen molar-refractivity contribution >= 4 is 0 Å². The molecule has 2 heterocycles. The van der Waals surface area contributed by atoms with Gasteiger partial charge in [0.25, 0.3) is 0 Å². The van der Waals surface area contributed by atoms with Crippen LogP contribution in [0.4, 0.5) is 0 Å². The molecule has 0 radical (unpaired) electrons. The van der Waals surface area contributed by atoms with E-state index in [-0.39, 0.29) is 12.0 Å². The van der Waals surface area contributed by atoms with E-state index >= 15 is 0 Å². The molecule has 108 valence electrons. The Bertz CT molecular complexity index is 394. The first-order valence-corrected chi connectivity index (χ1v) is 6.90. The predicted octanol–water partition coefficient (Wildman–Crippen LogP) is 1.77. The smallest absolute Gasteiger partial charge is 0.243 e. The van der Waals surface area contributed by atoms with Crippen LogP contribution in [0.25, 0.3) is 0 Å². The molecule has 1 aromatic rings. The zero-order chi connectivity index (χ0) is 13.9. The van der Waals surface area contributed by atoms with Gasteiger partial charge in [-0.1, -0.05) is 19.0 Å². The van der Waals surface area contributed by atoms with E-state index in [1.807, 2.05) is 20.8 Å². The van der Waals surface area contributed by atoms with Crippen LogP contribution in [0, 0.1) is 5.92 Å². The lowest BCUT2D eigenvalue weighted by Gasteiger charge is -2.33. The third-order valence-electron chi connectivity index (χ3n) is 3.57. The molecule has 1 saturated heterocycles. The molecular formula is C13H23N3O3. The second kappa shape index (κ2) is 5.98. The molecule has 1 aromatic heterocycles.